The van der Waals surface area contributed by atoms with E-state index >= 15 is 0 Å². The number of piperidine rings is 1. The van der Waals surface area contributed by atoms with Crippen molar-refractivity contribution in [2.45, 2.75) is 32.2 Å². The van der Waals surface area contributed by atoms with Gasteiger partial charge in [-0.25, -0.2) is 0 Å². The van der Waals surface area contributed by atoms with E-state index in [-0.39, 0.29) is 0 Å². The monoisotopic (exact) mass is 295 g/mol. The highest BCUT2D eigenvalue weighted by Crippen LogP contribution is 2.38. The maximum atomic E-state index is 6.21. The molecule has 1 fully saturated rings. The van der Waals surface area contributed by atoms with Crippen molar-refractivity contribution in [3.05, 3.63) is 53.6 Å². The molecule has 0 saturated carbocycles. The minimum atomic E-state index is -0.413. The SMILES string of the molecule is Cc1ccc(-c2ccc3c(c2)COC2(CCNCC2)O3)cc1. The van der Waals surface area contributed by atoms with Crippen molar-refractivity contribution in [2.75, 3.05) is 13.1 Å². The van der Waals surface area contributed by atoms with Gasteiger partial charge in [-0.1, -0.05) is 35.9 Å². The number of nitrogens with one attached hydrogen (secondary N) is 1. The Morgan fingerprint density at radius 2 is 1.68 bits per heavy atom. The van der Waals surface area contributed by atoms with Gasteiger partial charge in [-0.2, -0.15) is 0 Å². The molecule has 0 bridgehead atoms. The largest absolute Gasteiger partial charge is 0.462 e. The van der Waals surface area contributed by atoms with Crippen LogP contribution in [0.2, 0.25) is 0 Å². The van der Waals surface area contributed by atoms with Crippen molar-refractivity contribution in [1.29, 1.82) is 0 Å². The van der Waals surface area contributed by atoms with E-state index in [1.165, 1.54) is 16.7 Å². The van der Waals surface area contributed by atoms with E-state index in [0.29, 0.717) is 6.61 Å². The van der Waals surface area contributed by atoms with Crippen LogP contribution in [0.15, 0.2) is 42.5 Å². The molecule has 0 aliphatic carbocycles. The van der Waals surface area contributed by atoms with Gasteiger partial charge in [0.25, 0.3) is 0 Å². The molecule has 1 N–H and O–H groups in total. The summed E-state index contributed by atoms with van der Waals surface area (Å²) >= 11 is 0. The molecule has 2 aromatic rings. The lowest BCUT2D eigenvalue weighted by Gasteiger charge is -2.41. The summed E-state index contributed by atoms with van der Waals surface area (Å²) < 4.78 is 12.3. The molecule has 0 radical (unpaired) electrons. The molecule has 2 aliphatic heterocycles. The first-order chi connectivity index (χ1) is 10.7. The van der Waals surface area contributed by atoms with Crippen molar-refractivity contribution >= 4 is 0 Å². The average Bonchev–Trinajstić information content (AvgIpc) is 2.56. The van der Waals surface area contributed by atoms with Gasteiger partial charge in [0, 0.05) is 31.5 Å². The molecule has 1 saturated heterocycles. The van der Waals surface area contributed by atoms with Crippen LogP contribution in [0.5, 0.6) is 5.75 Å². The Morgan fingerprint density at radius 1 is 0.955 bits per heavy atom. The van der Waals surface area contributed by atoms with Gasteiger partial charge in [0.15, 0.2) is 0 Å². The van der Waals surface area contributed by atoms with Crippen LogP contribution < -0.4 is 10.1 Å². The van der Waals surface area contributed by atoms with Crippen molar-refractivity contribution in [2.24, 2.45) is 0 Å². The first-order valence-electron chi connectivity index (χ1n) is 7.98. The fourth-order valence-electron chi connectivity index (χ4n) is 3.21. The molecule has 0 atom stereocenters. The van der Waals surface area contributed by atoms with Crippen LogP contribution in [0.4, 0.5) is 0 Å². The third-order valence-electron chi connectivity index (χ3n) is 4.60. The molecule has 3 heteroatoms. The number of rotatable bonds is 1. The third kappa shape index (κ3) is 2.51. The predicted molar refractivity (Wildman–Crippen MR) is 86.9 cm³/mol. The molecule has 3 nitrogen and oxygen atoms in total. The second-order valence-electron chi connectivity index (χ2n) is 6.24. The summed E-state index contributed by atoms with van der Waals surface area (Å²) in [7, 11) is 0. The lowest BCUT2D eigenvalue weighted by molar-refractivity contribution is -0.218. The van der Waals surface area contributed by atoms with E-state index in [1.54, 1.807) is 0 Å². The number of aryl methyl sites for hydroxylation is 1. The van der Waals surface area contributed by atoms with Crippen LogP contribution in [-0.4, -0.2) is 18.9 Å². The minimum Gasteiger partial charge on any atom is -0.462 e. The zero-order valence-electron chi connectivity index (χ0n) is 12.9. The van der Waals surface area contributed by atoms with E-state index in [9.17, 15) is 0 Å². The normalized spacial score (nSPS) is 19.5. The average molecular weight is 295 g/mol. The van der Waals surface area contributed by atoms with Crippen LogP contribution in [0.25, 0.3) is 11.1 Å². The molecule has 22 heavy (non-hydrogen) atoms. The molecular weight excluding hydrogens is 274 g/mol. The van der Waals surface area contributed by atoms with E-state index in [2.05, 4.69) is 54.7 Å². The Morgan fingerprint density at radius 3 is 2.45 bits per heavy atom. The summed E-state index contributed by atoms with van der Waals surface area (Å²) in [5.41, 5.74) is 4.87. The van der Waals surface area contributed by atoms with E-state index in [4.69, 9.17) is 9.47 Å². The van der Waals surface area contributed by atoms with E-state index in [1.807, 2.05) is 0 Å². The minimum absolute atomic E-state index is 0.413. The van der Waals surface area contributed by atoms with E-state index < -0.39 is 5.79 Å². The lowest BCUT2D eigenvalue weighted by atomic mass is 9.99. The maximum absolute atomic E-state index is 6.21. The Hall–Kier alpha value is -1.84. The molecule has 0 aromatic heterocycles. The number of hydrogen-bond donors (Lipinski definition) is 1. The zero-order chi connectivity index (χ0) is 15.0. The summed E-state index contributed by atoms with van der Waals surface area (Å²) in [5.74, 6) is 0.563. The fraction of sp³-hybridized carbons (Fsp3) is 0.368. The number of ether oxygens (including phenoxy) is 2. The van der Waals surface area contributed by atoms with Gasteiger partial charge in [-0.3, -0.25) is 0 Å². The maximum Gasteiger partial charge on any atom is 0.213 e. The van der Waals surface area contributed by atoms with Gasteiger partial charge in [0.1, 0.15) is 5.75 Å². The number of hydrogen-bond acceptors (Lipinski definition) is 3. The van der Waals surface area contributed by atoms with Crippen LogP contribution in [0, 0.1) is 6.92 Å². The van der Waals surface area contributed by atoms with Gasteiger partial charge in [-0.15, -0.1) is 0 Å². The highest BCUT2D eigenvalue weighted by Gasteiger charge is 2.38. The Balaban J connectivity index is 1.62. The molecule has 114 valence electrons. The third-order valence-corrected chi connectivity index (χ3v) is 4.60. The van der Waals surface area contributed by atoms with Crippen LogP contribution in [-0.2, 0) is 11.3 Å². The van der Waals surface area contributed by atoms with Crippen molar-refractivity contribution in [1.82, 2.24) is 5.32 Å². The molecule has 2 aliphatic rings. The van der Waals surface area contributed by atoms with Gasteiger partial charge in [-0.05, 0) is 30.2 Å². The highest BCUT2D eigenvalue weighted by atomic mass is 16.7. The Labute approximate surface area is 131 Å². The lowest BCUT2D eigenvalue weighted by Crippen LogP contribution is -2.49. The molecule has 2 heterocycles. The summed E-state index contributed by atoms with van der Waals surface area (Å²) in [4.78, 5) is 0. The summed E-state index contributed by atoms with van der Waals surface area (Å²) in [5, 5.41) is 3.36. The Kier molecular flexibility index (Phi) is 3.40. The topological polar surface area (TPSA) is 30.5 Å². The van der Waals surface area contributed by atoms with Gasteiger partial charge >= 0.3 is 0 Å². The van der Waals surface area contributed by atoms with Crippen molar-refractivity contribution in [3.8, 4) is 16.9 Å². The summed E-state index contributed by atoms with van der Waals surface area (Å²) in [6.45, 7) is 4.65. The van der Waals surface area contributed by atoms with Crippen molar-refractivity contribution < 1.29 is 9.47 Å². The first-order valence-corrected chi connectivity index (χ1v) is 7.98. The van der Waals surface area contributed by atoms with Crippen LogP contribution in [0.3, 0.4) is 0 Å². The predicted octanol–water partition coefficient (Wildman–Crippen LogP) is 3.65. The van der Waals surface area contributed by atoms with Crippen molar-refractivity contribution in [3.63, 3.8) is 0 Å². The second-order valence-corrected chi connectivity index (χ2v) is 6.24. The smallest absolute Gasteiger partial charge is 0.213 e. The van der Waals surface area contributed by atoms with Gasteiger partial charge < -0.3 is 14.8 Å². The molecule has 1 spiro atoms. The molecule has 0 amide bonds. The molecule has 4 rings (SSSR count). The number of benzene rings is 2. The van der Waals surface area contributed by atoms with Gasteiger partial charge in [0.2, 0.25) is 5.79 Å². The van der Waals surface area contributed by atoms with Crippen LogP contribution in [0.1, 0.15) is 24.0 Å². The standard InChI is InChI=1S/C19H21NO2/c1-14-2-4-15(5-3-14)16-6-7-18-17(12-16)13-21-19(22-18)8-10-20-11-9-19/h2-7,12,20H,8-11,13H2,1H3. The fourth-order valence-corrected chi connectivity index (χ4v) is 3.21. The van der Waals surface area contributed by atoms with Crippen LogP contribution >= 0.6 is 0 Å². The zero-order valence-corrected chi connectivity index (χ0v) is 12.9. The number of fused-ring (bicyclic) bond motifs is 1. The second kappa shape index (κ2) is 5.41. The molecule has 0 unspecified atom stereocenters. The Bertz CT molecular complexity index is 672. The van der Waals surface area contributed by atoms with Gasteiger partial charge in [0.05, 0.1) is 6.61 Å². The quantitative estimate of drug-likeness (QED) is 0.871. The molecule has 2 aromatic carbocycles. The molecular formula is C19H21NO2. The highest BCUT2D eigenvalue weighted by molar-refractivity contribution is 5.66. The first kappa shape index (κ1) is 13.8. The van der Waals surface area contributed by atoms with E-state index in [0.717, 1.165) is 37.2 Å². The summed E-state index contributed by atoms with van der Waals surface area (Å²) in [6, 6.07) is 15.0. The summed E-state index contributed by atoms with van der Waals surface area (Å²) in [6.07, 6.45) is 1.82.